The number of amides is 1. The molecule has 0 saturated carbocycles. The molecular weight excluding hydrogens is 340 g/mol. The van der Waals surface area contributed by atoms with Crippen molar-refractivity contribution in [3.05, 3.63) is 102 Å². The zero-order valence-corrected chi connectivity index (χ0v) is 14.8. The monoisotopic (exact) mass is 360 g/mol. The summed E-state index contributed by atoms with van der Waals surface area (Å²) < 4.78 is 5.18. The van der Waals surface area contributed by atoms with Gasteiger partial charge < -0.3 is 9.64 Å². The Morgan fingerprint density at radius 3 is 1.93 bits per heavy atom. The maximum atomic E-state index is 12.7. The summed E-state index contributed by atoms with van der Waals surface area (Å²) in [5.74, 6) is -0.809. The highest BCUT2D eigenvalue weighted by Crippen LogP contribution is 2.11. The molecule has 27 heavy (non-hydrogen) atoms. The molecular formula is C22H20N2O3. The second-order valence-electron chi connectivity index (χ2n) is 6.04. The number of hydrogen-bond acceptors (Lipinski definition) is 4. The molecule has 0 fully saturated rings. The van der Waals surface area contributed by atoms with Gasteiger partial charge in [-0.2, -0.15) is 0 Å². The zero-order chi connectivity index (χ0) is 18.9. The Kier molecular flexibility index (Phi) is 6.30. The first-order valence-corrected chi connectivity index (χ1v) is 8.65. The van der Waals surface area contributed by atoms with Crippen LogP contribution in [0.4, 0.5) is 0 Å². The van der Waals surface area contributed by atoms with Gasteiger partial charge in [0.2, 0.25) is 0 Å². The summed E-state index contributed by atoms with van der Waals surface area (Å²) in [5, 5.41) is 0. The molecule has 0 atom stereocenters. The second kappa shape index (κ2) is 9.29. The Hall–Kier alpha value is -3.47. The average molecular weight is 360 g/mol. The first kappa shape index (κ1) is 18.3. The lowest BCUT2D eigenvalue weighted by Gasteiger charge is -2.23. The number of rotatable bonds is 7. The number of hydrogen-bond donors (Lipinski definition) is 0. The summed E-state index contributed by atoms with van der Waals surface area (Å²) in [6.45, 7) is 0.575. The van der Waals surface area contributed by atoms with Crippen molar-refractivity contribution < 1.29 is 14.3 Å². The van der Waals surface area contributed by atoms with Gasteiger partial charge in [0.15, 0.2) is 6.61 Å². The molecule has 0 radical (unpaired) electrons. The standard InChI is InChI=1S/C22H20N2O3/c25-21(17-27-22(26)20-12-7-13-23-14-20)24(15-18-8-3-1-4-9-18)16-19-10-5-2-6-11-19/h1-14H,15-17H2. The molecule has 1 amide bonds. The van der Waals surface area contributed by atoms with Crippen LogP contribution in [0.2, 0.25) is 0 Å². The number of carbonyl (C=O) groups excluding carboxylic acids is 2. The van der Waals surface area contributed by atoms with Crippen molar-refractivity contribution in [1.29, 1.82) is 0 Å². The Labute approximate surface area is 158 Å². The molecule has 0 bridgehead atoms. The third-order valence-electron chi connectivity index (χ3n) is 4.01. The SMILES string of the molecule is O=C(OCC(=O)N(Cc1ccccc1)Cc1ccccc1)c1cccnc1. The van der Waals surface area contributed by atoms with Crippen LogP contribution in [-0.2, 0) is 22.6 Å². The largest absolute Gasteiger partial charge is 0.452 e. The number of benzene rings is 2. The van der Waals surface area contributed by atoms with Gasteiger partial charge in [-0.15, -0.1) is 0 Å². The van der Waals surface area contributed by atoms with Crippen molar-refractivity contribution in [2.75, 3.05) is 6.61 Å². The van der Waals surface area contributed by atoms with E-state index in [9.17, 15) is 9.59 Å². The Balaban J connectivity index is 1.67. The summed E-state index contributed by atoms with van der Waals surface area (Å²) in [7, 11) is 0. The molecule has 0 saturated heterocycles. The van der Waals surface area contributed by atoms with Gasteiger partial charge in [-0.05, 0) is 23.3 Å². The lowest BCUT2D eigenvalue weighted by Crippen LogP contribution is -2.33. The van der Waals surface area contributed by atoms with E-state index in [0.717, 1.165) is 11.1 Å². The highest BCUT2D eigenvalue weighted by atomic mass is 16.5. The maximum Gasteiger partial charge on any atom is 0.340 e. The highest BCUT2D eigenvalue weighted by Gasteiger charge is 2.17. The van der Waals surface area contributed by atoms with Crippen LogP contribution in [0.25, 0.3) is 0 Å². The van der Waals surface area contributed by atoms with Crippen LogP contribution in [-0.4, -0.2) is 28.4 Å². The predicted octanol–water partition coefficient (Wildman–Crippen LogP) is 3.47. The fraction of sp³-hybridized carbons (Fsp3) is 0.136. The first-order valence-electron chi connectivity index (χ1n) is 8.65. The van der Waals surface area contributed by atoms with Gasteiger partial charge in [0.1, 0.15) is 0 Å². The van der Waals surface area contributed by atoms with Crippen LogP contribution < -0.4 is 0 Å². The molecule has 0 aliphatic carbocycles. The first-order chi connectivity index (χ1) is 13.2. The van der Waals surface area contributed by atoms with Crippen molar-refractivity contribution in [1.82, 2.24) is 9.88 Å². The molecule has 1 aromatic heterocycles. The molecule has 5 heteroatoms. The van der Waals surface area contributed by atoms with E-state index in [1.165, 1.54) is 6.20 Å². The van der Waals surface area contributed by atoms with Gasteiger partial charge in [-0.25, -0.2) is 4.79 Å². The number of aromatic nitrogens is 1. The summed E-state index contributed by atoms with van der Waals surface area (Å²) in [6.07, 6.45) is 2.99. The lowest BCUT2D eigenvalue weighted by atomic mass is 10.1. The number of carbonyl (C=O) groups is 2. The Morgan fingerprint density at radius 2 is 1.41 bits per heavy atom. The summed E-state index contributed by atoms with van der Waals surface area (Å²) >= 11 is 0. The van der Waals surface area contributed by atoms with E-state index in [0.29, 0.717) is 18.7 Å². The Morgan fingerprint density at radius 1 is 0.815 bits per heavy atom. The van der Waals surface area contributed by atoms with Crippen LogP contribution in [0, 0.1) is 0 Å². The molecule has 1 heterocycles. The van der Waals surface area contributed by atoms with Crippen LogP contribution in [0.15, 0.2) is 85.2 Å². The topological polar surface area (TPSA) is 59.5 Å². The molecule has 0 N–H and O–H groups in total. The van der Waals surface area contributed by atoms with Crippen molar-refractivity contribution in [2.45, 2.75) is 13.1 Å². The second-order valence-corrected chi connectivity index (χ2v) is 6.04. The van der Waals surface area contributed by atoms with Gasteiger partial charge in [-0.3, -0.25) is 9.78 Å². The molecule has 3 rings (SSSR count). The van der Waals surface area contributed by atoms with E-state index >= 15 is 0 Å². The lowest BCUT2D eigenvalue weighted by molar-refractivity contribution is -0.135. The fourth-order valence-corrected chi connectivity index (χ4v) is 2.63. The number of pyridine rings is 1. The summed E-state index contributed by atoms with van der Waals surface area (Å²) in [5.41, 5.74) is 2.35. The molecule has 2 aromatic carbocycles. The number of nitrogens with zero attached hydrogens (tertiary/aromatic N) is 2. The van der Waals surface area contributed by atoms with Crippen LogP contribution in [0.1, 0.15) is 21.5 Å². The van der Waals surface area contributed by atoms with Gasteiger partial charge >= 0.3 is 5.97 Å². The van der Waals surface area contributed by atoms with Gasteiger partial charge in [0, 0.05) is 25.5 Å². The van der Waals surface area contributed by atoms with Crippen molar-refractivity contribution in [3.63, 3.8) is 0 Å². The van der Waals surface area contributed by atoms with Crippen LogP contribution in [0.3, 0.4) is 0 Å². The van der Waals surface area contributed by atoms with E-state index < -0.39 is 5.97 Å². The third kappa shape index (κ3) is 5.51. The smallest absolute Gasteiger partial charge is 0.340 e. The van der Waals surface area contributed by atoms with Crippen LogP contribution >= 0.6 is 0 Å². The minimum atomic E-state index is -0.559. The molecule has 0 aliphatic heterocycles. The number of ether oxygens (including phenoxy) is 1. The predicted molar refractivity (Wildman–Crippen MR) is 102 cm³/mol. The quantitative estimate of drug-likeness (QED) is 0.606. The number of esters is 1. The van der Waals surface area contributed by atoms with E-state index in [1.54, 1.807) is 23.2 Å². The summed E-state index contributed by atoms with van der Waals surface area (Å²) in [6, 6.07) is 22.7. The third-order valence-corrected chi connectivity index (χ3v) is 4.01. The summed E-state index contributed by atoms with van der Waals surface area (Å²) in [4.78, 5) is 30.3. The Bertz CT molecular complexity index is 826. The zero-order valence-electron chi connectivity index (χ0n) is 14.8. The van der Waals surface area contributed by atoms with Crippen molar-refractivity contribution in [2.24, 2.45) is 0 Å². The van der Waals surface area contributed by atoms with E-state index in [4.69, 9.17) is 4.74 Å². The molecule has 3 aromatic rings. The molecule has 0 spiro atoms. The van der Waals surface area contributed by atoms with Crippen LogP contribution in [0.5, 0.6) is 0 Å². The van der Waals surface area contributed by atoms with Gasteiger partial charge in [-0.1, -0.05) is 60.7 Å². The fourth-order valence-electron chi connectivity index (χ4n) is 2.63. The molecule has 136 valence electrons. The van der Waals surface area contributed by atoms with Gasteiger partial charge in [0.25, 0.3) is 5.91 Å². The van der Waals surface area contributed by atoms with E-state index in [2.05, 4.69) is 4.98 Å². The minimum absolute atomic E-state index is 0.250. The maximum absolute atomic E-state index is 12.7. The van der Waals surface area contributed by atoms with Crippen molar-refractivity contribution >= 4 is 11.9 Å². The normalized spacial score (nSPS) is 10.2. The highest BCUT2D eigenvalue weighted by molar-refractivity contribution is 5.90. The molecule has 0 unspecified atom stereocenters. The minimum Gasteiger partial charge on any atom is -0.452 e. The van der Waals surface area contributed by atoms with Crippen molar-refractivity contribution in [3.8, 4) is 0 Å². The van der Waals surface area contributed by atoms with E-state index in [-0.39, 0.29) is 12.5 Å². The van der Waals surface area contributed by atoms with E-state index in [1.807, 2.05) is 60.7 Å². The molecule has 0 aliphatic rings. The molecule has 5 nitrogen and oxygen atoms in total. The average Bonchev–Trinajstić information content (AvgIpc) is 2.73. The van der Waals surface area contributed by atoms with Gasteiger partial charge in [0.05, 0.1) is 5.56 Å².